The van der Waals surface area contributed by atoms with E-state index in [1.807, 2.05) is 11.5 Å². The van der Waals surface area contributed by atoms with Gasteiger partial charge in [-0.1, -0.05) is 0 Å². The SMILES string of the molecule is O=C(CC1C[CH]OC1)N1CCCC1. The number of nitrogens with zero attached hydrogens (tertiary/aromatic N) is 1. The maximum absolute atomic E-state index is 11.7. The fourth-order valence-electron chi connectivity index (χ4n) is 1.96. The van der Waals surface area contributed by atoms with Gasteiger partial charge in [-0.25, -0.2) is 0 Å². The fourth-order valence-corrected chi connectivity index (χ4v) is 1.96. The Balaban J connectivity index is 1.76. The van der Waals surface area contributed by atoms with Gasteiger partial charge in [-0.15, -0.1) is 0 Å². The zero-order valence-electron chi connectivity index (χ0n) is 7.87. The Hall–Kier alpha value is -0.570. The number of amides is 1. The molecule has 2 aliphatic rings. The summed E-state index contributed by atoms with van der Waals surface area (Å²) < 4.78 is 5.12. The molecule has 2 saturated heterocycles. The summed E-state index contributed by atoms with van der Waals surface area (Å²) >= 11 is 0. The second-order valence-corrected chi connectivity index (χ2v) is 3.89. The lowest BCUT2D eigenvalue weighted by molar-refractivity contribution is -0.131. The summed E-state index contributed by atoms with van der Waals surface area (Å²) in [7, 11) is 0. The molecule has 0 aromatic carbocycles. The van der Waals surface area contributed by atoms with Crippen LogP contribution in [0.4, 0.5) is 0 Å². The first-order chi connectivity index (χ1) is 6.36. The van der Waals surface area contributed by atoms with Gasteiger partial charge in [0.15, 0.2) is 0 Å². The van der Waals surface area contributed by atoms with E-state index in [-0.39, 0.29) is 0 Å². The minimum absolute atomic E-state index is 0.321. The average Bonchev–Trinajstić information content (AvgIpc) is 2.74. The predicted molar refractivity (Wildman–Crippen MR) is 48.8 cm³/mol. The van der Waals surface area contributed by atoms with Crippen molar-refractivity contribution in [3.05, 3.63) is 6.61 Å². The average molecular weight is 182 g/mol. The van der Waals surface area contributed by atoms with E-state index in [9.17, 15) is 4.79 Å². The number of carbonyl (C=O) groups excluding carboxylic acids is 1. The Bertz CT molecular complexity index is 181. The van der Waals surface area contributed by atoms with Gasteiger partial charge in [-0.05, 0) is 25.2 Å². The van der Waals surface area contributed by atoms with Gasteiger partial charge < -0.3 is 9.64 Å². The predicted octanol–water partition coefficient (Wildman–Crippen LogP) is 1.20. The van der Waals surface area contributed by atoms with Gasteiger partial charge >= 0.3 is 0 Å². The monoisotopic (exact) mass is 182 g/mol. The largest absolute Gasteiger partial charge is 0.375 e. The molecule has 1 atom stereocenters. The summed E-state index contributed by atoms with van der Waals surface area (Å²) in [4.78, 5) is 13.6. The van der Waals surface area contributed by atoms with E-state index in [0.29, 0.717) is 18.2 Å². The number of likely N-dealkylation sites (tertiary alicyclic amines) is 1. The van der Waals surface area contributed by atoms with Crippen LogP contribution >= 0.6 is 0 Å². The molecule has 2 heterocycles. The van der Waals surface area contributed by atoms with Crippen molar-refractivity contribution in [3.8, 4) is 0 Å². The normalized spacial score (nSPS) is 28.3. The lowest BCUT2D eigenvalue weighted by atomic mass is 10.0. The molecule has 1 unspecified atom stereocenters. The van der Waals surface area contributed by atoms with E-state index in [2.05, 4.69) is 0 Å². The molecule has 1 radical (unpaired) electrons. The van der Waals surface area contributed by atoms with Crippen molar-refractivity contribution < 1.29 is 9.53 Å². The minimum atomic E-state index is 0.321. The summed E-state index contributed by atoms with van der Waals surface area (Å²) in [5.41, 5.74) is 0. The van der Waals surface area contributed by atoms with Crippen LogP contribution in [0.15, 0.2) is 0 Å². The van der Waals surface area contributed by atoms with Gasteiger partial charge in [-0.2, -0.15) is 0 Å². The third kappa shape index (κ3) is 2.21. The van der Waals surface area contributed by atoms with Crippen molar-refractivity contribution in [1.82, 2.24) is 4.90 Å². The van der Waals surface area contributed by atoms with Gasteiger partial charge in [0.25, 0.3) is 0 Å². The van der Waals surface area contributed by atoms with Crippen LogP contribution in [0.5, 0.6) is 0 Å². The molecule has 2 rings (SSSR count). The first-order valence-corrected chi connectivity index (χ1v) is 5.07. The van der Waals surface area contributed by atoms with Gasteiger partial charge in [0.2, 0.25) is 5.91 Å². The number of ether oxygens (including phenoxy) is 1. The van der Waals surface area contributed by atoms with E-state index in [4.69, 9.17) is 4.74 Å². The first kappa shape index (κ1) is 9.00. The summed E-state index contributed by atoms with van der Waals surface area (Å²) in [6.07, 6.45) is 3.98. The van der Waals surface area contributed by atoms with Crippen molar-refractivity contribution in [2.24, 2.45) is 5.92 Å². The van der Waals surface area contributed by atoms with Crippen molar-refractivity contribution in [1.29, 1.82) is 0 Å². The molecule has 0 bridgehead atoms. The van der Waals surface area contributed by atoms with E-state index >= 15 is 0 Å². The van der Waals surface area contributed by atoms with Crippen LogP contribution in [-0.4, -0.2) is 30.5 Å². The summed E-state index contributed by atoms with van der Waals surface area (Å²) in [6.45, 7) is 4.49. The standard InChI is InChI=1S/C10H16NO2/c12-10(11-4-1-2-5-11)7-9-3-6-13-8-9/h6,9H,1-5,7-8H2. The van der Waals surface area contributed by atoms with Gasteiger partial charge in [0.05, 0.1) is 13.2 Å². The molecule has 1 amide bonds. The third-order valence-electron chi connectivity index (χ3n) is 2.80. The Labute approximate surface area is 79.0 Å². The van der Waals surface area contributed by atoms with Crippen LogP contribution in [0.3, 0.4) is 0 Å². The van der Waals surface area contributed by atoms with E-state index < -0.39 is 0 Å². The highest BCUT2D eigenvalue weighted by Crippen LogP contribution is 2.21. The summed E-state index contributed by atoms with van der Waals surface area (Å²) in [5, 5.41) is 0. The second kappa shape index (κ2) is 4.09. The molecule has 2 aliphatic heterocycles. The van der Waals surface area contributed by atoms with Crippen LogP contribution in [0.1, 0.15) is 25.7 Å². The number of carbonyl (C=O) groups is 1. The molecule has 13 heavy (non-hydrogen) atoms. The highest BCUT2D eigenvalue weighted by atomic mass is 16.5. The highest BCUT2D eigenvalue weighted by molar-refractivity contribution is 5.76. The van der Waals surface area contributed by atoms with Gasteiger partial charge in [0, 0.05) is 19.5 Å². The summed E-state index contributed by atoms with van der Waals surface area (Å²) in [6, 6.07) is 0. The third-order valence-corrected chi connectivity index (χ3v) is 2.80. The van der Waals surface area contributed by atoms with Crippen LogP contribution < -0.4 is 0 Å². The maximum atomic E-state index is 11.7. The van der Waals surface area contributed by atoms with E-state index in [1.165, 1.54) is 12.8 Å². The van der Waals surface area contributed by atoms with Crippen LogP contribution in [0, 0.1) is 12.5 Å². The molecule has 73 valence electrons. The fraction of sp³-hybridized carbons (Fsp3) is 0.800. The summed E-state index contributed by atoms with van der Waals surface area (Å²) in [5.74, 6) is 0.759. The lowest BCUT2D eigenvalue weighted by Gasteiger charge is -2.16. The molecule has 0 aliphatic carbocycles. The molecule has 0 spiro atoms. The zero-order valence-corrected chi connectivity index (χ0v) is 7.87. The lowest BCUT2D eigenvalue weighted by Crippen LogP contribution is -2.29. The maximum Gasteiger partial charge on any atom is 0.222 e. The molecule has 3 nitrogen and oxygen atoms in total. The molecular formula is C10H16NO2. The number of hydrogen-bond acceptors (Lipinski definition) is 2. The van der Waals surface area contributed by atoms with E-state index in [0.717, 1.165) is 26.1 Å². The topological polar surface area (TPSA) is 29.5 Å². The van der Waals surface area contributed by atoms with Crippen molar-refractivity contribution in [2.45, 2.75) is 25.7 Å². The number of hydrogen-bond donors (Lipinski definition) is 0. The van der Waals surface area contributed by atoms with Gasteiger partial charge in [-0.3, -0.25) is 4.79 Å². The van der Waals surface area contributed by atoms with Crippen LogP contribution in [-0.2, 0) is 9.53 Å². The van der Waals surface area contributed by atoms with E-state index in [1.54, 1.807) is 0 Å². The Morgan fingerprint density at radius 2 is 2.23 bits per heavy atom. The second-order valence-electron chi connectivity index (χ2n) is 3.89. The van der Waals surface area contributed by atoms with Crippen LogP contribution in [0.2, 0.25) is 0 Å². The molecule has 3 heteroatoms. The zero-order chi connectivity index (χ0) is 9.10. The van der Waals surface area contributed by atoms with Crippen molar-refractivity contribution in [3.63, 3.8) is 0 Å². The Kier molecular flexibility index (Phi) is 2.83. The quantitative estimate of drug-likeness (QED) is 0.642. The Morgan fingerprint density at radius 1 is 1.46 bits per heavy atom. The molecule has 0 aromatic rings. The van der Waals surface area contributed by atoms with Crippen molar-refractivity contribution >= 4 is 5.91 Å². The molecule has 0 saturated carbocycles. The molecule has 0 aromatic heterocycles. The highest BCUT2D eigenvalue weighted by Gasteiger charge is 2.24. The van der Waals surface area contributed by atoms with Crippen LogP contribution in [0.25, 0.3) is 0 Å². The smallest absolute Gasteiger partial charge is 0.222 e. The number of rotatable bonds is 2. The molecular weight excluding hydrogens is 166 g/mol. The van der Waals surface area contributed by atoms with Gasteiger partial charge in [0.1, 0.15) is 0 Å². The first-order valence-electron chi connectivity index (χ1n) is 5.07. The van der Waals surface area contributed by atoms with Crippen molar-refractivity contribution in [2.75, 3.05) is 19.7 Å². The molecule has 2 fully saturated rings. The Morgan fingerprint density at radius 3 is 2.85 bits per heavy atom. The minimum Gasteiger partial charge on any atom is -0.375 e. The molecule has 0 N–H and O–H groups in total.